The van der Waals surface area contributed by atoms with E-state index in [0.717, 1.165) is 16.6 Å². The van der Waals surface area contributed by atoms with Crippen molar-refractivity contribution in [2.75, 3.05) is 5.73 Å². The minimum Gasteiger partial charge on any atom is -0.507 e. The summed E-state index contributed by atoms with van der Waals surface area (Å²) in [7, 11) is 0. The predicted octanol–water partition coefficient (Wildman–Crippen LogP) is 7.52. The first-order valence-electron chi connectivity index (χ1n) is 10.8. The van der Waals surface area contributed by atoms with Crippen LogP contribution in [0.15, 0.2) is 0 Å². The van der Waals surface area contributed by atoms with Crippen molar-refractivity contribution in [3.05, 3.63) is 66.8 Å². The van der Waals surface area contributed by atoms with Gasteiger partial charge in [-0.15, -0.1) is 0 Å². The molecule has 30 heavy (non-hydrogen) atoms. The monoisotopic (exact) mass is 405 g/mol. The van der Waals surface area contributed by atoms with Gasteiger partial charge in [0.15, 0.2) is 0 Å². The molecular weight excluding hydrogens is 366 g/mol. The third kappa shape index (κ3) is 3.57. The van der Waals surface area contributed by atoms with Gasteiger partial charge in [-0.25, -0.2) is 0 Å². The number of rotatable bonds is 0. The van der Waals surface area contributed by atoms with Gasteiger partial charge in [-0.05, 0) is 155 Å². The Hall–Kier alpha value is -2.48. The second-order valence-electron chi connectivity index (χ2n) is 9.01. The maximum atomic E-state index is 10.5. The normalized spacial score (nSPS) is 10.9. The smallest absolute Gasteiger partial charge is 0.126 e. The highest BCUT2D eigenvalue weighted by molar-refractivity contribution is 5.99. The number of nitrogens with two attached hydrogens (primary N) is 1. The number of aromatic hydroxyl groups is 1. The van der Waals surface area contributed by atoms with Crippen molar-refractivity contribution in [3.63, 3.8) is 0 Å². The number of benzene rings is 3. The number of hydrogen-bond donors (Lipinski definition) is 2. The van der Waals surface area contributed by atoms with Gasteiger partial charge < -0.3 is 10.8 Å². The number of nitrogen functional groups attached to an aromatic ring is 1. The average molecular weight is 406 g/mol. The molecule has 0 heterocycles. The minimum absolute atomic E-state index is 0.455. The van der Waals surface area contributed by atoms with E-state index in [2.05, 4.69) is 76.2 Å². The fraction of sp³-hybridized carbons (Fsp3) is 0.429. The van der Waals surface area contributed by atoms with Crippen LogP contribution in [0.4, 0.5) is 5.69 Å². The molecule has 0 fully saturated rings. The third-order valence-electron chi connectivity index (χ3n) is 7.84. The molecule has 0 radical (unpaired) electrons. The summed E-state index contributed by atoms with van der Waals surface area (Å²) in [6.45, 7) is 25.4. The van der Waals surface area contributed by atoms with Gasteiger partial charge in [0.2, 0.25) is 0 Å². The molecule has 0 aromatic heterocycles. The van der Waals surface area contributed by atoms with E-state index in [1.165, 1.54) is 66.6 Å². The van der Waals surface area contributed by atoms with Gasteiger partial charge in [0.1, 0.15) is 5.75 Å². The Morgan fingerprint density at radius 2 is 0.633 bits per heavy atom. The van der Waals surface area contributed by atoms with Gasteiger partial charge in [0, 0.05) is 11.1 Å². The summed E-state index contributed by atoms with van der Waals surface area (Å²) in [6, 6.07) is 0. The Balaban J connectivity index is 0.000000232. The molecule has 0 unspecified atom stereocenters. The molecule has 0 saturated carbocycles. The fourth-order valence-corrected chi connectivity index (χ4v) is 4.44. The Labute approximate surface area is 183 Å². The Bertz CT molecular complexity index is 948. The topological polar surface area (TPSA) is 46.2 Å². The van der Waals surface area contributed by atoms with Crippen LogP contribution in [0.2, 0.25) is 0 Å². The summed E-state index contributed by atoms with van der Waals surface area (Å²) in [4.78, 5) is 0. The van der Waals surface area contributed by atoms with Gasteiger partial charge in [-0.2, -0.15) is 0 Å². The van der Waals surface area contributed by atoms with Crippen LogP contribution in [-0.4, -0.2) is 5.11 Å². The van der Waals surface area contributed by atoms with Crippen LogP contribution >= 0.6 is 0 Å². The molecule has 0 bridgehead atoms. The number of phenolic OH excluding ortho intramolecular Hbond substituents is 1. The van der Waals surface area contributed by atoms with Crippen LogP contribution < -0.4 is 5.73 Å². The number of aryl methyl sites for hydroxylation is 3. The Morgan fingerprint density at radius 1 is 0.367 bits per heavy atom. The summed E-state index contributed by atoms with van der Waals surface area (Å²) in [5, 5.41) is 12.8. The number of fused-ring (bicyclic) bond motifs is 1. The molecule has 162 valence electrons. The molecule has 0 aliphatic carbocycles. The van der Waals surface area contributed by atoms with Crippen molar-refractivity contribution in [3.8, 4) is 5.75 Å². The first-order valence-corrected chi connectivity index (χ1v) is 10.8. The predicted molar refractivity (Wildman–Crippen MR) is 133 cm³/mol. The molecule has 0 aliphatic heterocycles. The molecular formula is C28H39NO. The van der Waals surface area contributed by atoms with E-state index in [1.807, 2.05) is 6.92 Å². The van der Waals surface area contributed by atoms with Crippen molar-refractivity contribution >= 4 is 16.5 Å². The van der Waals surface area contributed by atoms with Crippen molar-refractivity contribution in [2.24, 2.45) is 0 Å². The van der Waals surface area contributed by atoms with Gasteiger partial charge in [0.05, 0.1) is 0 Å². The lowest BCUT2D eigenvalue weighted by atomic mass is 9.86. The zero-order valence-electron chi connectivity index (χ0n) is 21.0. The first kappa shape index (κ1) is 23.8. The van der Waals surface area contributed by atoms with E-state index in [9.17, 15) is 5.11 Å². The maximum Gasteiger partial charge on any atom is 0.126 e. The van der Waals surface area contributed by atoms with Crippen molar-refractivity contribution in [1.82, 2.24) is 0 Å². The van der Waals surface area contributed by atoms with Crippen molar-refractivity contribution in [1.29, 1.82) is 0 Å². The highest BCUT2D eigenvalue weighted by Crippen LogP contribution is 2.40. The quantitative estimate of drug-likeness (QED) is 0.380. The number of phenols is 1. The summed E-state index contributed by atoms with van der Waals surface area (Å²) < 4.78 is 0. The molecule has 3 aromatic rings. The number of anilines is 1. The highest BCUT2D eigenvalue weighted by Gasteiger charge is 2.17. The van der Waals surface area contributed by atoms with Gasteiger partial charge in [0.25, 0.3) is 0 Å². The summed E-state index contributed by atoms with van der Waals surface area (Å²) in [5.41, 5.74) is 22.0. The molecule has 0 saturated heterocycles. The van der Waals surface area contributed by atoms with Crippen LogP contribution in [0.5, 0.6) is 5.75 Å². The molecule has 2 nitrogen and oxygen atoms in total. The van der Waals surface area contributed by atoms with Crippen LogP contribution in [0.3, 0.4) is 0 Å². The van der Waals surface area contributed by atoms with E-state index in [0.29, 0.717) is 5.75 Å². The van der Waals surface area contributed by atoms with Gasteiger partial charge in [-0.3, -0.25) is 0 Å². The van der Waals surface area contributed by atoms with Gasteiger partial charge in [-0.1, -0.05) is 0 Å². The third-order valence-corrected chi connectivity index (χ3v) is 7.84. The second kappa shape index (κ2) is 8.34. The van der Waals surface area contributed by atoms with E-state index < -0.39 is 0 Å². The lowest BCUT2D eigenvalue weighted by Crippen LogP contribution is -2.01. The molecule has 3 rings (SSSR count). The van der Waals surface area contributed by atoms with Crippen LogP contribution in [0.1, 0.15) is 66.8 Å². The summed E-state index contributed by atoms with van der Waals surface area (Å²) >= 11 is 0. The Morgan fingerprint density at radius 3 is 1.03 bits per heavy atom. The Kier molecular flexibility index (Phi) is 6.61. The molecule has 0 atom stereocenters. The summed E-state index contributed by atoms with van der Waals surface area (Å²) in [6.07, 6.45) is 0. The van der Waals surface area contributed by atoms with E-state index >= 15 is 0 Å². The zero-order chi connectivity index (χ0) is 23.2. The van der Waals surface area contributed by atoms with Crippen LogP contribution in [0.25, 0.3) is 10.8 Å². The standard InChI is InChI=1S/C17H22O.C11H17N/c1-8-9(2)13(6)16-15(11(8)4)12(5)10(3)14(7)17(16)18;1-6-7(2)9(4)11(12)10(5)8(6)3/h18H,1-7H3;12H2,1-5H3. The first-order chi connectivity index (χ1) is 13.7. The van der Waals surface area contributed by atoms with Crippen LogP contribution in [0, 0.1) is 83.1 Å². The lowest BCUT2D eigenvalue weighted by molar-refractivity contribution is 0.476. The molecule has 0 aliphatic rings. The van der Waals surface area contributed by atoms with Crippen molar-refractivity contribution < 1.29 is 5.11 Å². The molecule has 3 N–H and O–H groups in total. The van der Waals surface area contributed by atoms with Crippen molar-refractivity contribution in [2.45, 2.75) is 83.1 Å². The molecule has 0 spiro atoms. The zero-order valence-corrected chi connectivity index (χ0v) is 21.0. The molecule has 0 amide bonds. The molecule has 3 aromatic carbocycles. The second-order valence-corrected chi connectivity index (χ2v) is 9.01. The van der Waals surface area contributed by atoms with E-state index in [1.54, 1.807) is 0 Å². The lowest BCUT2D eigenvalue weighted by Gasteiger charge is -2.20. The summed E-state index contributed by atoms with van der Waals surface area (Å²) in [5.74, 6) is 0.455. The highest BCUT2D eigenvalue weighted by atomic mass is 16.3. The van der Waals surface area contributed by atoms with E-state index in [-0.39, 0.29) is 0 Å². The average Bonchev–Trinajstić information content (AvgIpc) is 2.73. The van der Waals surface area contributed by atoms with Crippen LogP contribution in [-0.2, 0) is 0 Å². The largest absolute Gasteiger partial charge is 0.507 e. The SMILES string of the molecule is Cc1c(C)c(C)c(N)c(C)c1C.Cc1c(C)c(C)c2c(O)c(C)c(C)c(C)c2c1C. The fourth-order valence-electron chi connectivity index (χ4n) is 4.44. The molecule has 2 heteroatoms. The minimum atomic E-state index is 0.455. The number of hydrogen-bond acceptors (Lipinski definition) is 2. The maximum absolute atomic E-state index is 10.5. The van der Waals surface area contributed by atoms with Gasteiger partial charge >= 0.3 is 0 Å². The van der Waals surface area contributed by atoms with E-state index in [4.69, 9.17) is 5.73 Å².